The van der Waals surface area contributed by atoms with E-state index < -0.39 is 0 Å². The maximum Gasteiger partial charge on any atom is 0.306 e. The Morgan fingerprint density at radius 1 is 1.27 bits per heavy atom. The monoisotopic (exact) mass is 216 g/mol. The smallest absolute Gasteiger partial charge is 0.306 e. The Labute approximate surface area is 90.6 Å². The van der Waals surface area contributed by atoms with Gasteiger partial charge in [-0.1, -0.05) is 0 Å². The molecule has 15 heavy (non-hydrogen) atoms. The summed E-state index contributed by atoms with van der Waals surface area (Å²) >= 11 is 0. The minimum atomic E-state index is -0.294. The second-order valence-corrected chi connectivity index (χ2v) is 3.67. The lowest BCUT2D eigenvalue weighted by atomic mass is 10.2. The molecule has 88 valence electrons. The van der Waals surface area contributed by atoms with Crippen LogP contribution in [0.2, 0.25) is 0 Å². The average molecular weight is 216 g/mol. The number of esters is 1. The van der Waals surface area contributed by atoms with Gasteiger partial charge >= 0.3 is 5.97 Å². The van der Waals surface area contributed by atoms with Gasteiger partial charge in [-0.3, -0.25) is 9.59 Å². The first-order chi connectivity index (χ1) is 6.97. The van der Waals surface area contributed by atoms with Crippen LogP contribution in [0.3, 0.4) is 0 Å². The first-order valence-electron chi connectivity index (χ1n) is 5.08. The summed E-state index contributed by atoms with van der Waals surface area (Å²) in [6, 6.07) is -0.167. The van der Waals surface area contributed by atoms with Gasteiger partial charge in [-0.15, -0.1) is 0 Å². The Balaban J connectivity index is 3.69. The zero-order valence-corrected chi connectivity index (χ0v) is 9.79. The second kappa shape index (κ2) is 7.23. The van der Waals surface area contributed by atoms with Crippen LogP contribution in [-0.4, -0.2) is 37.6 Å². The average Bonchev–Trinajstić information content (AvgIpc) is 2.16. The zero-order valence-electron chi connectivity index (χ0n) is 9.79. The summed E-state index contributed by atoms with van der Waals surface area (Å²) in [5.41, 5.74) is 0. The van der Waals surface area contributed by atoms with Crippen LogP contribution in [0.25, 0.3) is 0 Å². The molecule has 0 rings (SSSR count). The van der Waals surface area contributed by atoms with Crippen LogP contribution in [0.1, 0.15) is 27.2 Å². The molecule has 0 fully saturated rings. The lowest BCUT2D eigenvalue weighted by Gasteiger charge is -2.15. The molecule has 0 spiro atoms. The van der Waals surface area contributed by atoms with Crippen molar-refractivity contribution in [1.29, 1.82) is 0 Å². The zero-order chi connectivity index (χ0) is 11.8. The van der Waals surface area contributed by atoms with Crippen molar-refractivity contribution in [1.82, 2.24) is 10.6 Å². The molecule has 0 aliphatic carbocycles. The normalized spacial score (nSPS) is 12.3. The number of amides is 1. The number of hydrogen-bond donors (Lipinski definition) is 2. The van der Waals surface area contributed by atoms with Gasteiger partial charge in [0.15, 0.2) is 0 Å². The molecule has 5 nitrogen and oxygen atoms in total. The van der Waals surface area contributed by atoms with E-state index in [2.05, 4.69) is 15.4 Å². The van der Waals surface area contributed by atoms with Crippen molar-refractivity contribution in [2.45, 2.75) is 39.3 Å². The van der Waals surface area contributed by atoms with Gasteiger partial charge in [0.1, 0.15) is 0 Å². The van der Waals surface area contributed by atoms with Gasteiger partial charge in [-0.25, -0.2) is 0 Å². The summed E-state index contributed by atoms with van der Waals surface area (Å²) in [7, 11) is 1.34. The first-order valence-corrected chi connectivity index (χ1v) is 5.08. The van der Waals surface area contributed by atoms with Crippen molar-refractivity contribution in [3.8, 4) is 0 Å². The predicted molar refractivity (Wildman–Crippen MR) is 57.4 cm³/mol. The summed E-state index contributed by atoms with van der Waals surface area (Å²) in [5, 5.41) is 5.72. The maximum absolute atomic E-state index is 11.4. The highest BCUT2D eigenvalue weighted by Crippen LogP contribution is 1.87. The summed E-state index contributed by atoms with van der Waals surface area (Å²) < 4.78 is 4.48. The van der Waals surface area contributed by atoms with Crippen molar-refractivity contribution < 1.29 is 14.3 Å². The number of hydrogen-bond acceptors (Lipinski definition) is 4. The van der Waals surface area contributed by atoms with Crippen LogP contribution in [0.4, 0.5) is 0 Å². The van der Waals surface area contributed by atoms with Crippen molar-refractivity contribution in [2.24, 2.45) is 0 Å². The minimum absolute atomic E-state index is 0.0603. The fraction of sp³-hybridized carbons (Fsp3) is 0.800. The Kier molecular flexibility index (Phi) is 6.70. The molecule has 0 heterocycles. The molecule has 0 aromatic rings. The molecule has 1 atom stereocenters. The molecule has 1 amide bonds. The Morgan fingerprint density at radius 3 is 2.33 bits per heavy atom. The van der Waals surface area contributed by atoms with Gasteiger partial charge in [0.25, 0.3) is 0 Å². The van der Waals surface area contributed by atoms with Crippen LogP contribution in [0.15, 0.2) is 0 Å². The van der Waals surface area contributed by atoms with Crippen LogP contribution in [0, 0.1) is 0 Å². The van der Waals surface area contributed by atoms with Crippen LogP contribution >= 0.6 is 0 Å². The predicted octanol–water partition coefficient (Wildman–Crippen LogP) is 0.0522. The van der Waals surface area contributed by atoms with E-state index in [1.54, 1.807) is 6.92 Å². The van der Waals surface area contributed by atoms with Gasteiger partial charge in [0.2, 0.25) is 5.91 Å². The van der Waals surface area contributed by atoms with Gasteiger partial charge in [0, 0.05) is 12.6 Å². The maximum atomic E-state index is 11.4. The van der Waals surface area contributed by atoms with E-state index in [-0.39, 0.29) is 30.4 Å². The van der Waals surface area contributed by atoms with E-state index in [4.69, 9.17) is 0 Å². The van der Waals surface area contributed by atoms with Gasteiger partial charge in [-0.05, 0) is 20.8 Å². The van der Waals surface area contributed by atoms with Gasteiger partial charge < -0.3 is 15.4 Å². The van der Waals surface area contributed by atoms with E-state index in [9.17, 15) is 9.59 Å². The van der Waals surface area contributed by atoms with Gasteiger partial charge in [-0.2, -0.15) is 0 Å². The third-order valence-electron chi connectivity index (χ3n) is 1.83. The highest BCUT2D eigenvalue weighted by Gasteiger charge is 2.12. The fourth-order valence-corrected chi connectivity index (χ4v) is 0.995. The SMILES string of the molecule is COC(=O)CCNC(C)C(=O)NC(C)C. The van der Waals surface area contributed by atoms with E-state index >= 15 is 0 Å². The standard InChI is InChI=1S/C10H20N2O3/c1-7(2)12-10(14)8(3)11-6-5-9(13)15-4/h7-8,11H,5-6H2,1-4H3,(H,12,14). The molecule has 2 N–H and O–H groups in total. The molecule has 5 heteroatoms. The van der Waals surface area contributed by atoms with E-state index in [1.165, 1.54) is 7.11 Å². The molecule has 0 aliphatic rings. The van der Waals surface area contributed by atoms with Gasteiger partial charge in [0.05, 0.1) is 19.6 Å². The minimum Gasteiger partial charge on any atom is -0.469 e. The summed E-state index contributed by atoms with van der Waals surface area (Å²) in [5.74, 6) is -0.339. The number of rotatable bonds is 6. The molecular formula is C10H20N2O3. The molecule has 0 aromatic heterocycles. The number of ether oxygens (including phenoxy) is 1. The van der Waals surface area contributed by atoms with Crippen molar-refractivity contribution in [3.05, 3.63) is 0 Å². The lowest BCUT2D eigenvalue weighted by molar-refractivity contribution is -0.140. The summed E-state index contributed by atoms with van der Waals surface area (Å²) in [6.45, 7) is 6.01. The van der Waals surface area contributed by atoms with Crippen molar-refractivity contribution in [2.75, 3.05) is 13.7 Å². The van der Waals surface area contributed by atoms with Crippen molar-refractivity contribution in [3.63, 3.8) is 0 Å². The molecule has 1 unspecified atom stereocenters. The molecule has 0 saturated carbocycles. The molecule has 0 radical (unpaired) electrons. The van der Waals surface area contributed by atoms with E-state index in [0.29, 0.717) is 6.54 Å². The molecule has 0 bridgehead atoms. The number of carbonyl (C=O) groups excluding carboxylic acids is 2. The molecule has 0 aromatic carbocycles. The highest BCUT2D eigenvalue weighted by molar-refractivity contribution is 5.81. The topological polar surface area (TPSA) is 67.4 Å². The quantitative estimate of drug-likeness (QED) is 0.616. The largest absolute Gasteiger partial charge is 0.469 e. The van der Waals surface area contributed by atoms with Crippen LogP contribution in [0.5, 0.6) is 0 Å². The number of carbonyl (C=O) groups is 2. The molecule has 0 saturated heterocycles. The third-order valence-corrected chi connectivity index (χ3v) is 1.83. The highest BCUT2D eigenvalue weighted by atomic mass is 16.5. The summed E-state index contributed by atoms with van der Waals surface area (Å²) in [4.78, 5) is 22.2. The number of nitrogens with one attached hydrogen (secondary N) is 2. The lowest BCUT2D eigenvalue weighted by Crippen LogP contribution is -2.45. The Morgan fingerprint density at radius 2 is 1.87 bits per heavy atom. The van der Waals surface area contributed by atoms with E-state index in [0.717, 1.165) is 0 Å². The fourth-order valence-electron chi connectivity index (χ4n) is 0.995. The second-order valence-electron chi connectivity index (χ2n) is 3.67. The summed E-state index contributed by atoms with van der Waals surface area (Å²) in [6.07, 6.45) is 0.274. The molecular weight excluding hydrogens is 196 g/mol. The molecule has 0 aliphatic heterocycles. The Bertz CT molecular complexity index is 217. The first kappa shape index (κ1) is 13.9. The number of methoxy groups -OCH3 is 1. The third kappa shape index (κ3) is 6.90. The Hall–Kier alpha value is -1.10. The van der Waals surface area contributed by atoms with Crippen molar-refractivity contribution >= 4 is 11.9 Å². The van der Waals surface area contributed by atoms with E-state index in [1.807, 2.05) is 13.8 Å². The van der Waals surface area contributed by atoms with Crippen LogP contribution in [-0.2, 0) is 14.3 Å². The van der Waals surface area contributed by atoms with Crippen LogP contribution < -0.4 is 10.6 Å².